The van der Waals surface area contributed by atoms with Gasteiger partial charge in [-0.25, -0.2) is 4.98 Å². The van der Waals surface area contributed by atoms with Crippen molar-refractivity contribution in [3.63, 3.8) is 0 Å². The van der Waals surface area contributed by atoms with E-state index in [-0.39, 0.29) is 0 Å². The van der Waals surface area contributed by atoms with Crippen molar-refractivity contribution in [2.24, 2.45) is 0 Å². The van der Waals surface area contributed by atoms with Gasteiger partial charge in [0, 0.05) is 44.5 Å². The van der Waals surface area contributed by atoms with E-state index in [1.165, 1.54) is 0 Å². The first-order valence-electron chi connectivity index (χ1n) is 5.74. The minimum absolute atomic E-state index is 0.483. The summed E-state index contributed by atoms with van der Waals surface area (Å²) < 4.78 is 2.14. The highest BCUT2D eigenvalue weighted by atomic mass is 15.2. The highest BCUT2D eigenvalue weighted by Crippen LogP contribution is 2.02. The molecule has 0 aliphatic rings. The Balaban J connectivity index is 2.44. The number of nitriles is 1. The van der Waals surface area contributed by atoms with Gasteiger partial charge < -0.3 is 4.57 Å². The Bertz CT molecular complexity index is 348. The molecule has 0 saturated heterocycles. The molecule has 0 saturated carbocycles. The fraction of sp³-hybridized carbons (Fsp3) is 0.667. The molecular formula is C12H20N4. The second-order valence-electron chi connectivity index (χ2n) is 4.21. The Kier molecular flexibility index (Phi) is 5.00. The van der Waals surface area contributed by atoms with Crippen LogP contribution < -0.4 is 0 Å². The Morgan fingerprint density at radius 3 is 2.75 bits per heavy atom. The highest BCUT2D eigenvalue weighted by molar-refractivity contribution is 4.88. The Morgan fingerprint density at radius 2 is 2.25 bits per heavy atom. The number of imidazole rings is 1. The van der Waals surface area contributed by atoms with E-state index in [0.29, 0.717) is 12.5 Å². The zero-order valence-corrected chi connectivity index (χ0v) is 10.3. The third kappa shape index (κ3) is 3.67. The van der Waals surface area contributed by atoms with Crippen LogP contribution in [0.5, 0.6) is 0 Å². The topological polar surface area (TPSA) is 44.9 Å². The summed E-state index contributed by atoms with van der Waals surface area (Å²) in [6.45, 7) is 9.10. The molecule has 1 heterocycles. The second-order valence-corrected chi connectivity index (χ2v) is 4.21. The molecule has 16 heavy (non-hydrogen) atoms. The average molecular weight is 220 g/mol. The van der Waals surface area contributed by atoms with Crippen LogP contribution in [-0.4, -0.2) is 33.6 Å². The lowest BCUT2D eigenvalue weighted by molar-refractivity contribution is 0.217. The Morgan fingerprint density at radius 1 is 1.50 bits per heavy atom. The molecular weight excluding hydrogens is 200 g/mol. The van der Waals surface area contributed by atoms with Gasteiger partial charge >= 0.3 is 0 Å². The van der Waals surface area contributed by atoms with Crippen molar-refractivity contribution in [3.05, 3.63) is 18.2 Å². The van der Waals surface area contributed by atoms with Gasteiger partial charge in [-0.15, -0.1) is 0 Å². The molecule has 4 heteroatoms. The predicted molar refractivity (Wildman–Crippen MR) is 63.9 cm³/mol. The van der Waals surface area contributed by atoms with Crippen molar-refractivity contribution < 1.29 is 0 Å². The molecule has 0 N–H and O–H groups in total. The molecule has 4 nitrogen and oxygen atoms in total. The molecule has 0 aliphatic heterocycles. The molecule has 0 aliphatic carbocycles. The van der Waals surface area contributed by atoms with Gasteiger partial charge in [0.15, 0.2) is 0 Å². The largest absolute Gasteiger partial charge is 0.334 e. The van der Waals surface area contributed by atoms with Crippen LogP contribution in [0.25, 0.3) is 0 Å². The summed E-state index contributed by atoms with van der Waals surface area (Å²) >= 11 is 0. The lowest BCUT2D eigenvalue weighted by atomic mass is 10.3. The number of aryl methyl sites for hydroxylation is 1. The van der Waals surface area contributed by atoms with Gasteiger partial charge in [0.25, 0.3) is 0 Å². The first-order chi connectivity index (χ1) is 7.65. The Hall–Kier alpha value is -1.34. The van der Waals surface area contributed by atoms with Crippen LogP contribution >= 0.6 is 0 Å². The summed E-state index contributed by atoms with van der Waals surface area (Å²) in [5, 5.41) is 8.60. The zero-order valence-electron chi connectivity index (χ0n) is 10.3. The number of hydrogen-bond donors (Lipinski definition) is 0. The van der Waals surface area contributed by atoms with Crippen molar-refractivity contribution in [2.45, 2.75) is 39.8 Å². The number of nitrogens with zero attached hydrogens (tertiary/aromatic N) is 4. The first kappa shape index (κ1) is 12.7. The fourth-order valence-electron chi connectivity index (χ4n) is 1.70. The molecule has 0 radical (unpaired) electrons. The third-order valence-electron chi connectivity index (χ3n) is 2.79. The third-order valence-corrected chi connectivity index (χ3v) is 2.79. The van der Waals surface area contributed by atoms with Gasteiger partial charge in [0.05, 0.1) is 6.07 Å². The SMILES string of the molecule is Cc1nccn1CCN(CCC#N)C(C)C. The molecule has 0 aromatic carbocycles. The molecule has 1 aromatic rings. The predicted octanol–water partition coefficient (Wildman–Crippen LogP) is 1.82. The number of rotatable bonds is 6. The molecule has 0 fully saturated rings. The van der Waals surface area contributed by atoms with Crippen LogP contribution in [0.4, 0.5) is 0 Å². The molecule has 0 atom stereocenters. The monoisotopic (exact) mass is 220 g/mol. The summed E-state index contributed by atoms with van der Waals surface area (Å²) in [6.07, 6.45) is 4.42. The van der Waals surface area contributed by atoms with Crippen LogP contribution in [0.2, 0.25) is 0 Å². The van der Waals surface area contributed by atoms with Crippen LogP contribution in [-0.2, 0) is 6.54 Å². The molecule has 0 amide bonds. The van der Waals surface area contributed by atoms with E-state index in [1.54, 1.807) is 0 Å². The maximum atomic E-state index is 8.60. The first-order valence-corrected chi connectivity index (χ1v) is 5.74. The van der Waals surface area contributed by atoms with Crippen molar-refractivity contribution >= 4 is 0 Å². The van der Waals surface area contributed by atoms with Gasteiger partial charge in [-0.05, 0) is 20.8 Å². The highest BCUT2D eigenvalue weighted by Gasteiger charge is 2.09. The van der Waals surface area contributed by atoms with E-state index in [1.807, 2.05) is 19.3 Å². The summed E-state index contributed by atoms with van der Waals surface area (Å²) in [6, 6.07) is 2.68. The van der Waals surface area contributed by atoms with Crippen molar-refractivity contribution in [2.75, 3.05) is 13.1 Å². The van der Waals surface area contributed by atoms with Crippen molar-refractivity contribution in [1.29, 1.82) is 5.26 Å². The molecule has 88 valence electrons. The normalized spacial score (nSPS) is 11.0. The quantitative estimate of drug-likeness (QED) is 0.734. The Labute approximate surface area is 97.5 Å². The summed E-state index contributed by atoms with van der Waals surface area (Å²) in [5.41, 5.74) is 0. The van der Waals surface area contributed by atoms with Crippen LogP contribution in [0.1, 0.15) is 26.1 Å². The van der Waals surface area contributed by atoms with Crippen LogP contribution in [0.15, 0.2) is 12.4 Å². The minimum Gasteiger partial charge on any atom is -0.334 e. The minimum atomic E-state index is 0.483. The van der Waals surface area contributed by atoms with Crippen LogP contribution in [0.3, 0.4) is 0 Å². The summed E-state index contributed by atoms with van der Waals surface area (Å²) in [7, 11) is 0. The molecule has 0 unspecified atom stereocenters. The fourth-order valence-corrected chi connectivity index (χ4v) is 1.70. The second kappa shape index (κ2) is 6.29. The van der Waals surface area contributed by atoms with E-state index in [0.717, 1.165) is 25.5 Å². The van der Waals surface area contributed by atoms with Gasteiger partial charge in [-0.3, -0.25) is 4.90 Å². The van der Waals surface area contributed by atoms with E-state index in [4.69, 9.17) is 5.26 Å². The van der Waals surface area contributed by atoms with Gasteiger partial charge in [-0.1, -0.05) is 0 Å². The summed E-state index contributed by atoms with van der Waals surface area (Å²) in [5.74, 6) is 1.05. The summed E-state index contributed by atoms with van der Waals surface area (Å²) in [4.78, 5) is 6.52. The molecule has 1 rings (SSSR count). The maximum Gasteiger partial charge on any atom is 0.105 e. The average Bonchev–Trinajstić information content (AvgIpc) is 2.64. The molecule has 1 aromatic heterocycles. The van der Waals surface area contributed by atoms with Gasteiger partial charge in [-0.2, -0.15) is 5.26 Å². The maximum absolute atomic E-state index is 8.60. The standard InChI is InChI=1S/C12H20N4/c1-11(2)15(7-4-5-13)9-10-16-8-6-14-12(16)3/h6,8,11H,4,7,9-10H2,1-3H3. The lowest BCUT2D eigenvalue weighted by Gasteiger charge is -2.25. The molecule has 0 bridgehead atoms. The van der Waals surface area contributed by atoms with Gasteiger partial charge in [0.2, 0.25) is 0 Å². The van der Waals surface area contributed by atoms with E-state index in [2.05, 4.69) is 34.4 Å². The number of aromatic nitrogens is 2. The smallest absolute Gasteiger partial charge is 0.105 e. The van der Waals surface area contributed by atoms with E-state index < -0.39 is 0 Å². The van der Waals surface area contributed by atoms with E-state index in [9.17, 15) is 0 Å². The zero-order chi connectivity index (χ0) is 12.0. The van der Waals surface area contributed by atoms with Gasteiger partial charge in [0.1, 0.15) is 5.82 Å². The van der Waals surface area contributed by atoms with Crippen LogP contribution in [0, 0.1) is 18.3 Å². The molecule has 0 spiro atoms. The van der Waals surface area contributed by atoms with E-state index >= 15 is 0 Å². The number of hydrogen-bond acceptors (Lipinski definition) is 3. The lowest BCUT2D eigenvalue weighted by Crippen LogP contribution is -2.34. The van der Waals surface area contributed by atoms with Crippen molar-refractivity contribution in [1.82, 2.24) is 14.5 Å². The van der Waals surface area contributed by atoms with Crippen molar-refractivity contribution in [3.8, 4) is 6.07 Å².